The number of nitrogens with one attached hydrogen (secondary N) is 1. The van der Waals surface area contributed by atoms with Crippen molar-refractivity contribution in [3.8, 4) is 0 Å². The normalized spacial score (nSPS) is 12.1. The van der Waals surface area contributed by atoms with Crippen LogP contribution in [0.5, 0.6) is 0 Å². The minimum Gasteiger partial charge on any atom is -0.481 e. The molecule has 4 heteroatoms. The Balaban J connectivity index is 2.45. The van der Waals surface area contributed by atoms with Gasteiger partial charge in [-0.15, -0.1) is 0 Å². The molecule has 0 aliphatic rings. The standard InChI is InChI=1S/C9H12N2O2/c1-7(6-9(12)13)11-8-4-2-3-5-10-8/h2-5,7H,6H2,1H3,(H,10,11)(H,12,13)/t7-/m0/s1. The summed E-state index contributed by atoms with van der Waals surface area (Å²) >= 11 is 0. The van der Waals surface area contributed by atoms with Crippen LogP contribution in [0.2, 0.25) is 0 Å². The molecule has 4 nitrogen and oxygen atoms in total. The van der Waals surface area contributed by atoms with Crippen molar-refractivity contribution in [3.63, 3.8) is 0 Å². The quantitative estimate of drug-likeness (QED) is 0.734. The first-order valence-corrected chi connectivity index (χ1v) is 4.08. The van der Waals surface area contributed by atoms with Gasteiger partial charge in [-0.3, -0.25) is 4.79 Å². The molecule has 0 amide bonds. The summed E-state index contributed by atoms with van der Waals surface area (Å²) in [4.78, 5) is 14.4. The maximum atomic E-state index is 10.3. The van der Waals surface area contributed by atoms with Gasteiger partial charge < -0.3 is 10.4 Å². The van der Waals surface area contributed by atoms with Gasteiger partial charge >= 0.3 is 5.97 Å². The third kappa shape index (κ3) is 3.55. The minimum absolute atomic E-state index is 0.0938. The Labute approximate surface area is 76.6 Å². The molecule has 0 saturated carbocycles. The molecular weight excluding hydrogens is 168 g/mol. The molecule has 1 rings (SSSR count). The fraction of sp³-hybridized carbons (Fsp3) is 0.333. The first-order chi connectivity index (χ1) is 6.18. The predicted octanol–water partition coefficient (Wildman–Crippen LogP) is 1.36. The first kappa shape index (κ1) is 9.51. The van der Waals surface area contributed by atoms with Gasteiger partial charge in [-0.2, -0.15) is 0 Å². The van der Waals surface area contributed by atoms with Gasteiger partial charge in [0.05, 0.1) is 6.42 Å². The second kappa shape index (κ2) is 4.45. The predicted molar refractivity (Wildman–Crippen MR) is 49.6 cm³/mol. The smallest absolute Gasteiger partial charge is 0.305 e. The number of nitrogens with zero attached hydrogens (tertiary/aromatic N) is 1. The van der Waals surface area contributed by atoms with Crippen LogP contribution < -0.4 is 5.32 Å². The van der Waals surface area contributed by atoms with E-state index in [1.807, 2.05) is 19.1 Å². The van der Waals surface area contributed by atoms with Crippen LogP contribution in [0, 0.1) is 0 Å². The molecule has 0 saturated heterocycles. The lowest BCUT2D eigenvalue weighted by molar-refractivity contribution is -0.137. The Bertz CT molecular complexity index is 274. The molecule has 13 heavy (non-hydrogen) atoms. The van der Waals surface area contributed by atoms with Gasteiger partial charge in [-0.1, -0.05) is 6.07 Å². The molecule has 0 radical (unpaired) electrons. The van der Waals surface area contributed by atoms with Gasteiger partial charge in [0.15, 0.2) is 0 Å². The number of pyridine rings is 1. The molecule has 0 aliphatic carbocycles. The molecule has 2 N–H and O–H groups in total. The van der Waals surface area contributed by atoms with Crippen LogP contribution in [-0.2, 0) is 4.79 Å². The van der Waals surface area contributed by atoms with Gasteiger partial charge in [0, 0.05) is 12.2 Å². The van der Waals surface area contributed by atoms with Crippen LogP contribution in [0.1, 0.15) is 13.3 Å². The van der Waals surface area contributed by atoms with E-state index < -0.39 is 5.97 Å². The van der Waals surface area contributed by atoms with E-state index >= 15 is 0 Å². The molecule has 1 aromatic heterocycles. The summed E-state index contributed by atoms with van der Waals surface area (Å²) in [6.07, 6.45) is 1.76. The molecule has 0 spiro atoms. The molecular formula is C9H12N2O2. The maximum absolute atomic E-state index is 10.3. The largest absolute Gasteiger partial charge is 0.481 e. The Kier molecular flexibility index (Phi) is 3.25. The van der Waals surface area contributed by atoms with Gasteiger partial charge in [-0.05, 0) is 19.1 Å². The zero-order valence-electron chi connectivity index (χ0n) is 7.40. The Hall–Kier alpha value is -1.58. The first-order valence-electron chi connectivity index (χ1n) is 4.08. The van der Waals surface area contributed by atoms with E-state index in [0.29, 0.717) is 5.82 Å². The number of anilines is 1. The highest BCUT2D eigenvalue weighted by Gasteiger charge is 2.06. The van der Waals surface area contributed by atoms with Crippen LogP contribution in [0.3, 0.4) is 0 Å². The fourth-order valence-corrected chi connectivity index (χ4v) is 1.01. The van der Waals surface area contributed by atoms with Crippen LogP contribution in [0.4, 0.5) is 5.82 Å². The van der Waals surface area contributed by atoms with E-state index in [9.17, 15) is 4.79 Å². The van der Waals surface area contributed by atoms with Crippen LogP contribution in [-0.4, -0.2) is 22.1 Å². The van der Waals surface area contributed by atoms with Crippen molar-refractivity contribution in [2.24, 2.45) is 0 Å². The molecule has 70 valence electrons. The number of carbonyl (C=O) groups is 1. The van der Waals surface area contributed by atoms with Gasteiger partial charge in [0.25, 0.3) is 0 Å². The van der Waals surface area contributed by atoms with E-state index in [1.165, 1.54) is 0 Å². The number of carboxylic acid groups (broad SMARTS) is 1. The summed E-state index contributed by atoms with van der Waals surface area (Å²) in [5.41, 5.74) is 0. The van der Waals surface area contributed by atoms with Gasteiger partial charge in [-0.25, -0.2) is 4.98 Å². The molecule has 0 aliphatic heterocycles. The van der Waals surface area contributed by atoms with Crippen molar-refractivity contribution in [1.82, 2.24) is 4.98 Å². The number of rotatable bonds is 4. The number of aliphatic carboxylic acids is 1. The van der Waals surface area contributed by atoms with E-state index in [-0.39, 0.29) is 12.5 Å². The van der Waals surface area contributed by atoms with E-state index in [2.05, 4.69) is 10.3 Å². The third-order valence-corrected chi connectivity index (χ3v) is 1.54. The Morgan fingerprint density at radius 1 is 1.69 bits per heavy atom. The van der Waals surface area contributed by atoms with Crippen LogP contribution >= 0.6 is 0 Å². The molecule has 0 unspecified atom stereocenters. The second-order valence-corrected chi connectivity index (χ2v) is 2.86. The highest BCUT2D eigenvalue weighted by Crippen LogP contribution is 2.04. The van der Waals surface area contributed by atoms with Crippen molar-refractivity contribution in [3.05, 3.63) is 24.4 Å². The Morgan fingerprint density at radius 3 is 3.00 bits per heavy atom. The third-order valence-electron chi connectivity index (χ3n) is 1.54. The van der Waals surface area contributed by atoms with Gasteiger partial charge in [0.2, 0.25) is 0 Å². The van der Waals surface area contributed by atoms with Gasteiger partial charge in [0.1, 0.15) is 5.82 Å². The second-order valence-electron chi connectivity index (χ2n) is 2.86. The SMILES string of the molecule is C[C@@H](CC(=O)O)Nc1ccccn1. The van der Waals surface area contributed by atoms with E-state index in [4.69, 9.17) is 5.11 Å². The number of carboxylic acids is 1. The lowest BCUT2D eigenvalue weighted by atomic mass is 10.2. The van der Waals surface area contributed by atoms with Crippen LogP contribution in [0.25, 0.3) is 0 Å². The maximum Gasteiger partial charge on any atom is 0.305 e. The number of hydrogen-bond donors (Lipinski definition) is 2. The number of aromatic nitrogens is 1. The summed E-state index contributed by atoms with van der Waals surface area (Å²) < 4.78 is 0. The number of hydrogen-bond acceptors (Lipinski definition) is 3. The topological polar surface area (TPSA) is 62.2 Å². The van der Waals surface area contributed by atoms with E-state index in [0.717, 1.165) is 0 Å². The molecule has 0 aromatic carbocycles. The summed E-state index contributed by atoms with van der Waals surface area (Å²) in [7, 11) is 0. The zero-order chi connectivity index (χ0) is 9.68. The van der Waals surface area contributed by atoms with E-state index in [1.54, 1.807) is 12.3 Å². The van der Waals surface area contributed by atoms with Crippen molar-refractivity contribution < 1.29 is 9.90 Å². The summed E-state index contributed by atoms with van der Waals surface area (Å²) in [5, 5.41) is 11.5. The van der Waals surface area contributed by atoms with Crippen LogP contribution in [0.15, 0.2) is 24.4 Å². The summed E-state index contributed by atoms with van der Waals surface area (Å²) in [6.45, 7) is 1.81. The van der Waals surface area contributed by atoms with Crippen molar-refractivity contribution in [1.29, 1.82) is 0 Å². The molecule has 0 bridgehead atoms. The fourth-order valence-electron chi connectivity index (χ4n) is 1.01. The zero-order valence-corrected chi connectivity index (χ0v) is 7.40. The van der Waals surface area contributed by atoms with Crippen molar-refractivity contribution in [2.75, 3.05) is 5.32 Å². The minimum atomic E-state index is -0.809. The Morgan fingerprint density at radius 2 is 2.46 bits per heavy atom. The molecule has 1 atom stereocenters. The highest BCUT2D eigenvalue weighted by molar-refractivity contribution is 5.68. The average Bonchev–Trinajstić information content (AvgIpc) is 2.04. The lowest BCUT2D eigenvalue weighted by Crippen LogP contribution is -2.19. The summed E-state index contributed by atoms with van der Waals surface area (Å²) in [5.74, 6) is -0.104. The van der Waals surface area contributed by atoms with Crippen molar-refractivity contribution in [2.45, 2.75) is 19.4 Å². The lowest BCUT2D eigenvalue weighted by Gasteiger charge is -2.11. The molecule has 1 heterocycles. The average molecular weight is 180 g/mol. The highest BCUT2D eigenvalue weighted by atomic mass is 16.4. The molecule has 1 aromatic rings. The van der Waals surface area contributed by atoms with Crippen molar-refractivity contribution >= 4 is 11.8 Å². The summed E-state index contributed by atoms with van der Waals surface area (Å²) in [6, 6.07) is 5.36. The monoisotopic (exact) mass is 180 g/mol. The molecule has 0 fully saturated rings.